The van der Waals surface area contributed by atoms with Crippen molar-refractivity contribution in [2.24, 2.45) is 5.73 Å². The van der Waals surface area contributed by atoms with E-state index in [2.05, 4.69) is 4.98 Å². The minimum Gasteiger partial charge on any atom is -0.369 e. The summed E-state index contributed by atoms with van der Waals surface area (Å²) in [4.78, 5) is 16.1. The first kappa shape index (κ1) is 19.7. The Bertz CT molecular complexity index is 1190. The molecular formula is C18H18F2N4O3S. The number of imidazole rings is 1. The van der Waals surface area contributed by atoms with Crippen molar-refractivity contribution in [2.45, 2.75) is 25.0 Å². The lowest BCUT2D eigenvalue weighted by Gasteiger charge is -2.16. The van der Waals surface area contributed by atoms with Crippen LogP contribution in [0.5, 0.6) is 0 Å². The molecule has 0 radical (unpaired) electrons. The van der Waals surface area contributed by atoms with E-state index in [4.69, 9.17) is 11.5 Å². The number of aromatic nitrogens is 2. The first-order valence-electron chi connectivity index (χ1n) is 8.30. The number of anilines is 1. The Hall–Kier alpha value is -3.01. The van der Waals surface area contributed by atoms with Crippen molar-refractivity contribution in [1.82, 2.24) is 8.96 Å². The number of halogens is 2. The van der Waals surface area contributed by atoms with Gasteiger partial charge in [0, 0.05) is 0 Å². The second-order valence-electron chi connectivity index (χ2n) is 6.59. The minimum absolute atomic E-state index is 0.136. The third-order valence-corrected chi connectivity index (χ3v) is 6.49. The van der Waals surface area contributed by atoms with Crippen LogP contribution in [0.1, 0.15) is 30.9 Å². The van der Waals surface area contributed by atoms with Gasteiger partial charge in [0.25, 0.3) is 0 Å². The molecular weight excluding hydrogens is 390 g/mol. The fourth-order valence-corrected chi connectivity index (χ4v) is 4.10. The predicted molar refractivity (Wildman–Crippen MR) is 101 cm³/mol. The van der Waals surface area contributed by atoms with E-state index < -0.39 is 38.7 Å². The average Bonchev–Trinajstić information content (AvgIpc) is 2.93. The topological polar surface area (TPSA) is 121 Å². The zero-order chi connectivity index (χ0) is 20.8. The zero-order valence-electron chi connectivity index (χ0n) is 15.1. The zero-order valence-corrected chi connectivity index (χ0v) is 15.9. The molecule has 0 saturated heterocycles. The average molecular weight is 408 g/mol. The molecule has 7 nitrogen and oxygen atoms in total. The standard InChI is InChI=1S/C18H18F2N4O3S/c1-9(2)28(26,27)24-15-8-11(4-6-14(15)23-18(24)22)16(17(21)25)10-3-5-12(19)13(20)7-10/h3-9,16H,1-2H3,(H2,21,25)(H2,22,23). The third kappa shape index (κ3) is 3.19. The number of nitrogen functional groups attached to an aromatic ring is 1. The summed E-state index contributed by atoms with van der Waals surface area (Å²) in [5.41, 5.74) is 12.2. The highest BCUT2D eigenvalue weighted by Crippen LogP contribution is 2.30. The van der Waals surface area contributed by atoms with Gasteiger partial charge in [-0.3, -0.25) is 4.79 Å². The number of primary amides is 1. The molecule has 0 bridgehead atoms. The van der Waals surface area contributed by atoms with Crippen molar-refractivity contribution in [3.05, 3.63) is 59.2 Å². The van der Waals surface area contributed by atoms with E-state index in [-0.39, 0.29) is 17.0 Å². The molecule has 0 aliphatic heterocycles. The number of nitrogens with two attached hydrogens (primary N) is 2. The maximum Gasteiger partial charge on any atom is 0.244 e. The van der Waals surface area contributed by atoms with E-state index in [1.807, 2.05) is 0 Å². The van der Waals surface area contributed by atoms with Crippen LogP contribution in [-0.2, 0) is 14.8 Å². The van der Waals surface area contributed by atoms with Gasteiger partial charge in [-0.1, -0.05) is 12.1 Å². The molecule has 2 aromatic carbocycles. The predicted octanol–water partition coefficient (Wildman–Crippen LogP) is 2.10. The van der Waals surface area contributed by atoms with E-state index in [1.54, 1.807) is 0 Å². The monoisotopic (exact) mass is 408 g/mol. The second kappa shape index (κ2) is 6.86. The van der Waals surface area contributed by atoms with Gasteiger partial charge in [0.05, 0.1) is 22.2 Å². The van der Waals surface area contributed by atoms with Crippen molar-refractivity contribution in [2.75, 3.05) is 5.73 Å². The summed E-state index contributed by atoms with van der Waals surface area (Å²) in [6.07, 6.45) is 0. The van der Waals surface area contributed by atoms with E-state index in [9.17, 15) is 22.0 Å². The molecule has 1 heterocycles. The fraction of sp³-hybridized carbons (Fsp3) is 0.222. The van der Waals surface area contributed by atoms with Gasteiger partial charge < -0.3 is 11.5 Å². The molecule has 1 atom stereocenters. The van der Waals surface area contributed by atoms with Crippen molar-refractivity contribution >= 4 is 32.9 Å². The van der Waals surface area contributed by atoms with E-state index in [1.165, 1.54) is 38.1 Å². The maximum atomic E-state index is 13.6. The van der Waals surface area contributed by atoms with Crippen molar-refractivity contribution in [1.29, 1.82) is 0 Å². The van der Waals surface area contributed by atoms with Gasteiger partial charge in [-0.05, 0) is 49.2 Å². The van der Waals surface area contributed by atoms with Gasteiger partial charge >= 0.3 is 0 Å². The largest absolute Gasteiger partial charge is 0.369 e. The molecule has 0 spiro atoms. The molecule has 0 aliphatic carbocycles. The summed E-state index contributed by atoms with van der Waals surface area (Å²) >= 11 is 0. The molecule has 4 N–H and O–H groups in total. The SMILES string of the molecule is CC(C)S(=O)(=O)n1c(N)nc2ccc(C(C(N)=O)c3ccc(F)c(F)c3)cc21. The van der Waals surface area contributed by atoms with Crippen molar-refractivity contribution in [3.8, 4) is 0 Å². The van der Waals surface area contributed by atoms with Crippen LogP contribution in [0, 0.1) is 11.6 Å². The molecule has 148 valence electrons. The smallest absolute Gasteiger partial charge is 0.244 e. The van der Waals surface area contributed by atoms with Crippen LogP contribution in [0.15, 0.2) is 36.4 Å². The number of carbonyl (C=O) groups is 1. The van der Waals surface area contributed by atoms with E-state index >= 15 is 0 Å². The van der Waals surface area contributed by atoms with Gasteiger partial charge in [0.2, 0.25) is 21.9 Å². The van der Waals surface area contributed by atoms with Gasteiger partial charge in [-0.25, -0.2) is 26.2 Å². The van der Waals surface area contributed by atoms with Crippen LogP contribution >= 0.6 is 0 Å². The number of hydrogen-bond donors (Lipinski definition) is 2. The van der Waals surface area contributed by atoms with Crippen LogP contribution in [0.2, 0.25) is 0 Å². The summed E-state index contributed by atoms with van der Waals surface area (Å²) in [5, 5.41) is -0.769. The van der Waals surface area contributed by atoms with Gasteiger partial charge in [0.1, 0.15) is 0 Å². The number of benzene rings is 2. The van der Waals surface area contributed by atoms with Crippen LogP contribution in [-0.4, -0.2) is 28.5 Å². The van der Waals surface area contributed by atoms with Gasteiger partial charge in [-0.2, -0.15) is 0 Å². The molecule has 28 heavy (non-hydrogen) atoms. The van der Waals surface area contributed by atoms with Crippen LogP contribution in [0.25, 0.3) is 11.0 Å². The maximum absolute atomic E-state index is 13.6. The van der Waals surface area contributed by atoms with E-state index in [0.29, 0.717) is 11.1 Å². The quantitative estimate of drug-likeness (QED) is 0.670. The molecule has 0 saturated carbocycles. The van der Waals surface area contributed by atoms with Gasteiger partial charge in [0.15, 0.2) is 11.6 Å². The Labute approximate surface area is 160 Å². The third-order valence-electron chi connectivity index (χ3n) is 4.41. The summed E-state index contributed by atoms with van der Waals surface area (Å²) < 4.78 is 53.1. The first-order chi connectivity index (χ1) is 13.0. The summed E-state index contributed by atoms with van der Waals surface area (Å²) in [5.74, 6) is -4.33. The minimum atomic E-state index is -3.83. The number of hydrogen-bond acceptors (Lipinski definition) is 5. The lowest BCUT2D eigenvalue weighted by molar-refractivity contribution is -0.118. The number of nitrogens with zero attached hydrogens (tertiary/aromatic N) is 2. The Kier molecular flexibility index (Phi) is 4.84. The Balaban J connectivity index is 2.24. The van der Waals surface area contributed by atoms with Crippen molar-refractivity contribution < 1.29 is 22.0 Å². The molecule has 3 rings (SSSR count). The lowest BCUT2D eigenvalue weighted by Crippen LogP contribution is -2.24. The highest BCUT2D eigenvalue weighted by molar-refractivity contribution is 7.90. The molecule has 1 aromatic heterocycles. The molecule has 3 aromatic rings. The highest BCUT2D eigenvalue weighted by atomic mass is 32.2. The normalized spacial score (nSPS) is 13.2. The number of carbonyl (C=O) groups excluding carboxylic acids is 1. The number of amides is 1. The number of rotatable bonds is 5. The second-order valence-corrected chi connectivity index (χ2v) is 8.92. The first-order valence-corrected chi connectivity index (χ1v) is 9.81. The van der Waals surface area contributed by atoms with Crippen LogP contribution in [0.3, 0.4) is 0 Å². The van der Waals surface area contributed by atoms with Crippen LogP contribution in [0.4, 0.5) is 14.7 Å². The highest BCUT2D eigenvalue weighted by Gasteiger charge is 2.27. The van der Waals surface area contributed by atoms with E-state index in [0.717, 1.165) is 16.1 Å². The Morgan fingerprint density at radius 2 is 1.68 bits per heavy atom. The Morgan fingerprint density at radius 3 is 2.25 bits per heavy atom. The number of fused-ring (bicyclic) bond motifs is 1. The fourth-order valence-electron chi connectivity index (χ4n) is 2.96. The molecule has 10 heteroatoms. The van der Waals surface area contributed by atoms with Gasteiger partial charge in [-0.15, -0.1) is 0 Å². The summed E-state index contributed by atoms with van der Waals surface area (Å²) in [7, 11) is -3.83. The molecule has 1 amide bonds. The summed E-state index contributed by atoms with van der Waals surface area (Å²) in [6, 6.07) is 7.43. The Morgan fingerprint density at radius 1 is 1.07 bits per heavy atom. The summed E-state index contributed by atoms with van der Waals surface area (Å²) in [6.45, 7) is 3.00. The lowest BCUT2D eigenvalue weighted by atomic mass is 9.90. The molecule has 0 fully saturated rings. The van der Waals surface area contributed by atoms with Crippen LogP contribution < -0.4 is 11.5 Å². The van der Waals surface area contributed by atoms with Crippen molar-refractivity contribution in [3.63, 3.8) is 0 Å². The molecule has 1 unspecified atom stereocenters. The molecule has 0 aliphatic rings.